The molecular weight excluding hydrogens is 536 g/mol. The van der Waals surface area contributed by atoms with Crippen molar-refractivity contribution in [2.24, 2.45) is 0 Å². The molecule has 0 saturated heterocycles. The number of methoxy groups -OCH3 is 1. The summed E-state index contributed by atoms with van der Waals surface area (Å²) in [5.41, 5.74) is 3.23. The van der Waals surface area contributed by atoms with E-state index in [1.54, 1.807) is 25.3 Å². The Morgan fingerprint density at radius 1 is 1.06 bits per heavy atom. The first-order valence-corrected chi connectivity index (χ1v) is 11.2. The van der Waals surface area contributed by atoms with Crippen molar-refractivity contribution in [3.63, 3.8) is 0 Å². The molecule has 0 aromatic heterocycles. The molecule has 162 valence electrons. The molecule has 0 fully saturated rings. The normalized spacial score (nSPS) is 10.9. The van der Waals surface area contributed by atoms with E-state index >= 15 is 0 Å². The highest BCUT2D eigenvalue weighted by atomic mass is 79.9. The highest BCUT2D eigenvalue weighted by molar-refractivity contribution is 9.11. The van der Waals surface area contributed by atoms with Gasteiger partial charge in [-0.05, 0) is 85.8 Å². The van der Waals surface area contributed by atoms with Crippen LogP contribution in [0.1, 0.15) is 16.7 Å². The monoisotopic (exact) mass is 554 g/mol. The number of carbonyl (C=O) groups is 1. The highest BCUT2D eigenvalue weighted by Crippen LogP contribution is 2.33. The molecule has 0 aliphatic heterocycles. The molecule has 0 aliphatic carbocycles. The third-order valence-corrected chi connectivity index (χ3v) is 5.78. The molecule has 0 radical (unpaired) electrons. The summed E-state index contributed by atoms with van der Waals surface area (Å²) in [7, 11) is 1.54. The van der Waals surface area contributed by atoms with Crippen LogP contribution >= 0.6 is 31.9 Å². The summed E-state index contributed by atoms with van der Waals surface area (Å²) in [4.78, 5) is 12.7. The van der Waals surface area contributed by atoms with Crippen molar-refractivity contribution in [1.29, 1.82) is 5.26 Å². The van der Waals surface area contributed by atoms with Crippen LogP contribution in [0, 0.1) is 18.3 Å². The summed E-state index contributed by atoms with van der Waals surface area (Å²) in [5.74, 6) is 0.571. The minimum absolute atomic E-state index is 0.0376. The first-order chi connectivity index (χ1) is 15.4. The zero-order chi connectivity index (χ0) is 23.1. The van der Waals surface area contributed by atoms with Gasteiger partial charge in [0.15, 0.2) is 11.5 Å². The average Bonchev–Trinajstić information content (AvgIpc) is 2.79. The molecule has 3 aromatic carbocycles. The van der Waals surface area contributed by atoms with Crippen molar-refractivity contribution in [3.05, 3.63) is 91.9 Å². The number of aryl methyl sites for hydroxylation is 1. The van der Waals surface area contributed by atoms with Gasteiger partial charge >= 0.3 is 0 Å². The number of nitrogens with one attached hydrogen (secondary N) is 1. The number of nitrogens with zero attached hydrogens (tertiary/aromatic N) is 1. The van der Waals surface area contributed by atoms with E-state index in [1.807, 2.05) is 55.5 Å². The van der Waals surface area contributed by atoms with Crippen molar-refractivity contribution in [2.75, 3.05) is 12.4 Å². The van der Waals surface area contributed by atoms with E-state index in [-0.39, 0.29) is 5.57 Å². The summed E-state index contributed by atoms with van der Waals surface area (Å²) in [6.07, 6.45) is 1.51. The van der Waals surface area contributed by atoms with E-state index in [9.17, 15) is 10.1 Å². The molecule has 3 rings (SSSR count). The van der Waals surface area contributed by atoms with Crippen LogP contribution in [0.2, 0.25) is 0 Å². The van der Waals surface area contributed by atoms with Gasteiger partial charge in [-0.1, -0.05) is 36.4 Å². The van der Waals surface area contributed by atoms with Crippen molar-refractivity contribution in [2.45, 2.75) is 13.5 Å². The number of halogens is 2. The lowest BCUT2D eigenvalue weighted by molar-refractivity contribution is -0.112. The lowest BCUT2D eigenvalue weighted by Gasteiger charge is -2.12. The Hall–Kier alpha value is -3.08. The molecule has 0 heterocycles. The van der Waals surface area contributed by atoms with Crippen molar-refractivity contribution < 1.29 is 14.3 Å². The Morgan fingerprint density at radius 3 is 2.38 bits per heavy atom. The molecule has 0 saturated carbocycles. The molecule has 1 N–H and O–H groups in total. The number of rotatable bonds is 7. The number of ether oxygens (including phenoxy) is 2. The molecular formula is C25H20Br2N2O3. The molecule has 5 nitrogen and oxygen atoms in total. The predicted molar refractivity (Wildman–Crippen MR) is 133 cm³/mol. The Morgan fingerprint density at radius 2 is 1.75 bits per heavy atom. The van der Waals surface area contributed by atoms with Gasteiger partial charge in [-0.25, -0.2) is 0 Å². The second-order valence-electron chi connectivity index (χ2n) is 6.91. The Balaban J connectivity index is 1.79. The fourth-order valence-corrected chi connectivity index (χ4v) is 4.56. The number of hydrogen-bond acceptors (Lipinski definition) is 4. The fourth-order valence-electron chi connectivity index (χ4n) is 2.94. The number of nitriles is 1. The minimum atomic E-state index is -0.513. The van der Waals surface area contributed by atoms with Gasteiger partial charge in [-0.3, -0.25) is 4.79 Å². The topological polar surface area (TPSA) is 71.3 Å². The Labute approximate surface area is 203 Å². The minimum Gasteiger partial charge on any atom is -0.493 e. The lowest BCUT2D eigenvalue weighted by Crippen LogP contribution is -2.14. The standard InChI is InChI=1S/C25H20Br2N2O3/c1-16-10-20(26)24(21(27)11-16)29-25(30)19(14-28)12-18-8-9-22(23(13-18)31-2)32-15-17-6-4-3-5-7-17/h3-13H,15H2,1-2H3,(H,29,30)/b19-12+. The number of carbonyl (C=O) groups excluding carboxylic acids is 1. The summed E-state index contributed by atoms with van der Waals surface area (Å²) < 4.78 is 12.7. The molecule has 3 aromatic rings. The van der Waals surface area contributed by atoms with Crippen molar-refractivity contribution in [1.82, 2.24) is 0 Å². The van der Waals surface area contributed by atoms with Gasteiger partial charge in [0.2, 0.25) is 0 Å². The number of amides is 1. The molecule has 0 spiro atoms. The summed E-state index contributed by atoms with van der Waals surface area (Å²) in [5, 5.41) is 12.3. The van der Waals surface area contributed by atoms with E-state index < -0.39 is 5.91 Å². The molecule has 0 bridgehead atoms. The molecule has 0 unspecified atom stereocenters. The summed E-state index contributed by atoms with van der Waals surface area (Å²) in [6, 6.07) is 20.8. The van der Waals surface area contributed by atoms with Crippen LogP contribution in [0.4, 0.5) is 5.69 Å². The van der Waals surface area contributed by atoms with E-state index in [2.05, 4.69) is 37.2 Å². The van der Waals surface area contributed by atoms with Gasteiger partial charge in [0, 0.05) is 8.95 Å². The maximum absolute atomic E-state index is 12.7. The van der Waals surface area contributed by atoms with E-state index in [1.165, 1.54) is 6.08 Å². The van der Waals surface area contributed by atoms with E-state index in [0.29, 0.717) is 29.4 Å². The highest BCUT2D eigenvalue weighted by Gasteiger charge is 2.15. The number of anilines is 1. The zero-order valence-electron chi connectivity index (χ0n) is 17.5. The van der Waals surface area contributed by atoms with E-state index in [4.69, 9.17) is 9.47 Å². The quantitative estimate of drug-likeness (QED) is 0.261. The second-order valence-corrected chi connectivity index (χ2v) is 8.62. The predicted octanol–water partition coefficient (Wildman–Crippen LogP) is 6.65. The van der Waals surface area contributed by atoms with E-state index in [0.717, 1.165) is 20.1 Å². The van der Waals surface area contributed by atoms with Crippen LogP contribution in [0.15, 0.2) is 75.2 Å². The van der Waals surface area contributed by atoms with Gasteiger partial charge in [-0.2, -0.15) is 5.26 Å². The Bertz CT molecular complexity index is 1180. The van der Waals surface area contributed by atoms with Crippen LogP contribution in [0.5, 0.6) is 11.5 Å². The zero-order valence-corrected chi connectivity index (χ0v) is 20.7. The van der Waals surface area contributed by atoms with Crippen molar-refractivity contribution in [3.8, 4) is 17.6 Å². The first-order valence-electron chi connectivity index (χ1n) is 9.65. The molecule has 0 atom stereocenters. The summed E-state index contributed by atoms with van der Waals surface area (Å²) >= 11 is 6.89. The lowest BCUT2D eigenvalue weighted by atomic mass is 10.1. The van der Waals surface area contributed by atoms with Gasteiger partial charge in [0.05, 0.1) is 12.8 Å². The van der Waals surface area contributed by atoms with Crippen LogP contribution in [-0.4, -0.2) is 13.0 Å². The SMILES string of the molecule is COc1cc(/C=C(\C#N)C(=O)Nc2c(Br)cc(C)cc2Br)ccc1OCc1ccccc1. The van der Waals surface area contributed by atoms with Crippen molar-refractivity contribution >= 4 is 49.5 Å². The fraction of sp³-hybridized carbons (Fsp3) is 0.120. The first kappa shape index (κ1) is 23.6. The summed E-state index contributed by atoms with van der Waals surface area (Å²) in [6.45, 7) is 2.35. The smallest absolute Gasteiger partial charge is 0.266 e. The molecule has 7 heteroatoms. The molecule has 1 amide bonds. The van der Waals surface area contributed by atoms with Gasteiger partial charge < -0.3 is 14.8 Å². The maximum Gasteiger partial charge on any atom is 0.266 e. The number of benzene rings is 3. The largest absolute Gasteiger partial charge is 0.493 e. The number of hydrogen-bond donors (Lipinski definition) is 1. The van der Waals surface area contributed by atoms with Gasteiger partial charge in [0.25, 0.3) is 5.91 Å². The van der Waals surface area contributed by atoms with Gasteiger partial charge in [0.1, 0.15) is 18.2 Å². The Kier molecular flexibility index (Phi) is 8.09. The third kappa shape index (κ3) is 6.00. The molecule has 0 aliphatic rings. The average molecular weight is 556 g/mol. The van der Waals surface area contributed by atoms with Crippen LogP contribution in [0.3, 0.4) is 0 Å². The van der Waals surface area contributed by atoms with Gasteiger partial charge in [-0.15, -0.1) is 0 Å². The second kappa shape index (κ2) is 11.0. The van der Waals surface area contributed by atoms with Crippen LogP contribution in [0.25, 0.3) is 6.08 Å². The molecule has 32 heavy (non-hydrogen) atoms. The third-order valence-electron chi connectivity index (χ3n) is 4.53. The van der Waals surface area contributed by atoms with Crippen LogP contribution < -0.4 is 14.8 Å². The maximum atomic E-state index is 12.7. The van der Waals surface area contributed by atoms with Crippen LogP contribution in [-0.2, 0) is 11.4 Å².